The van der Waals surface area contributed by atoms with Gasteiger partial charge in [0.05, 0.1) is 0 Å². The molecule has 82 valence electrons. The molecular weight excluding hydrogens is 198 g/mol. The van der Waals surface area contributed by atoms with Crippen LogP contribution >= 0.6 is 0 Å². The van der Waals surface area contributed by atoms with Gasteiger partial charge < -0.3 is 10.8 Å². The van der Waals surface area contributed by atoms with Crippen molar-refractivity contribution in [1.29, 1.82) is 0 Å². The van der Waals surface area contributed by atoms with Gasteiger partial charge in [-0.05, 0) is 35.7 Å². The van der Waals surface area contributed by atoms with Crippen LogP contribution in [-0.4, -0.2) is 5.11 Å². The standard InChI is InChI=1S/C14H15NO/c1-10-4-2-3-5-12(10)13-8-11(9-15)6-7-14(13)16/h2-8,16H,9,15H2,1H3. The van der Waals surface area contributed by atoms with Crippen LogP contribution in [-0.2, 0) is 6.54 Å². The Morgan fingerprint density at radius 2 is 1.81 bits per heavy atom. The fourth-order valence-corrected chi connectivity index (χ4v) is 1.80. The molecule has 2 aromatic rings. The summed E-state index contributed by atoms with van der Waals surface area (Å²) in [5, 5.41) is 9.87. The Labute approximate surface area is 95.4 Å². The molecule has 0 unspecified atom stereocenters. The second-order valence-electron chi connectivity index (χ2n) is 3.87. The second-order valence-corrected chi connectivity index (χ2v) is 3.87. The van der Waals surface area contributed by atoms with E-state index in [0.29, 0.717) is 12.3 Å². The summed E-state index contributed by atoms with van der Waals surface area (Å²) in [6.45, 7) is 2.52. The minimum Gasteiger partial charge on any atom is -0.507 e. The zero-order chi connectivity index (χ0) is 11.5. The van der Waals surface area contributed by atoms with Gasteiger partial charge in [0.2, 0.25) is 0 Å². The minimum atomic E-state index is 0.298. The number of rotatable bonds is 2. The van der Waals surface area contributed by atoms with Crippen LogP contribution in [0.25, 0.3) is 11.1 Å². The van der Waals surface area contributed by atoms with E-state index in [4.69, 9.17) is 5.73 Å². The average molecular weight is 213 g/mol. The molecule has 0 fully saturated rings. The lowest BCUT2D eigenvalue weighted by Crippen LogP contribution is -1.96. The van der Waals surface area contributed by atoms with E-state index in [2.05, 4.69) is 0 Å². The maximum atomic E-state index is 9.87. The third kappa shape index (κ3) is 1.92. The van der Waals surface area contributed by atoms with Gasteiger partial charge in [0, 0.05) is 12.1 Å². The summed E-state index contributed by atoms with van der Waals surface area (Å²) in [7, 11) is 0. The van der Waals surface area contributed by atoms with Crippen molar-refractivity contribution >= 4 is 0 Å². The van der Waals surface area contributed by atoms with E-state index in [-0.39, 0.29) is 0 Å². The van der Waals surface area contributed by atoms with Crippen molar-refractivity contribution < 1.29 is 5.11 Å². The van der Waals surface area contributed by atoms with E-state index >= 15 is 0 Å². The fraction of sp³-hybridized carbons (Fsp3) is 0.143. The third-order valence-electron chi connectivity index (χ3n) is 2.73. The first kappa shape index (κ1) is 10.7. The van der Waals surface area contributed by atoms with E-state index in [1.54, 1.807) is 6.07 Å². The van der Waals surface area contributed by atoms with Crippen molar-refractivity contribution in [2.45, 2.75) is 13.5 Å². The van der Waals surface area contributed by atoms with Gasteiger partial charge in [-0.25, -0.2) is 0 Å². The molecule has 0 saturated heterocycles. The summed E-state index contributed by atoms with van der Waals surface area (Å²) >= 11 is 0. The van der Waals surface area contributed by atoms with Gasteiger partial charge in [-0.15, -0.1) is 0 Å². The lowest BCUT2D eigenvalue weighted by molar-refractivity contribution is 0.477. The largest absolute Gasteiger partial charge is 0.507 e. The van der Waals surface area contributed by atoms with Crippen LogP contribution < -0.4 is 5.73 Å². The Balaban J connectivity index is 2.59. The molecule has 0 spiro atoms. The molecule has 2 aromatic carbocycles. The summed E-state index contributed by atoms with van der Waals surface area (Å²) in [6, 6.07) is 13.5. The van der Waals surface area contributed by atoms with Gasteiger partial charge in [0.25, 0.3) is 0 Å². The van der Waals surface area contributed by atoms with Crippen molar-refractivity contribution in [2.24, 2.45) is 5.73 Å². The molecule has 2 nitrogen and oxygen atoms in total. The number of nitrogens with two attached hydrogens (primary N) is 1. The zero-order valence-electron chi connectivity index (χ0n) is 9.27. The highest BCUT2D eigenvalue weighted by atomic mass is 16.3. The monoisotopic (exact) mass is 213 g/mol. The van der Waals surface area contributed by atoms with Crippen molar-refractivity contribution in [2.75, 3.05) is 0 Å². The summed E-state index contributed by atoms with van der Waals surface area (Å²) in [4.78, 5) is 0. The van der Waals surface area contributed by atoms with Gasteiger partial charge >= 0.3 is 0 Å². The molecule has 3 N–H and O–H groups in total. The highest BCUT2D eigenvalue weighted by Crippen LogP contribution is 2.31. The topological polar surface area (TPSA) is 46.2 Å². The lowest BCUT2D eigenvalue weighted by Gasteiger charge is -2.09. The lowest BCUT2D eigenvalue weighted by atomic mass is 9.98. The molecule has 0 saturated carbocycles. The van der Waals surface area contributed by atoms with Crippen LogP contribution in [0.3, 0.4) is 0 Å². The molecule has 0 aromatic heterocycles. The van der Waals surface area contributed by atoms with Crippen molar-refractivity contribution in [3.05, 3.63) is 53.6 Å². The van der Waals surface area contributed by atoms with Crippen LogP contribution in [0.1, 0.15) is 11.1 Å². The number of aryl methyl sites for hydroxylation is 1. The fourth-order valence-electron chi connectivity index (χ4n) is 1.80. The molecule has 0 aliphatic rings. The van der Waals surface area contributed by atoms with Crippen LogP contribution in [0, 0.1) is 6.92 Å². The number of benzene rings is 2. The van der Waals surface area contributed by atoms with Crippen LogP contribution in [0.2, 0.25) is 0 Å². The molecule has 2 rings (SSSR count). The van der Waals surface area contributed by atoms with Crippen molar-refractivity contribution in [3.8, 4) is 16.9 Å². The van der Waals surface area contributed by atoms with E-state index in [9.17, 15) is 5.11 Å². The van der Waals surface area contributed by atoms with Gasteiger partial charge in [0.1, 0.15) is 5.75 Å². The van der Waals surface area contributed by atoms with Crippen LogP contribution in [0.4, 0.5) is 0 Å². The molecule has 16 heavy (non-hydrogen) atoms. The van der Waals surface area contributed by atoms with Crippen LogP contribution in [0.15, 0.2) is 42.5 Å². The smallest absolute Gasteiger partial charge is 0.123 e. The SMILES string of the molecule is Cc1ccccc1-c1cc(CN)ccc1O. The number of phenols is 1. The molecule has 0 radical (unpaired) electrons. The minimum absolute atomic E-state index is 0.298. The Morgan fingerprint density at radius 3 is 2.50 bits per heavy atom. The molecule has 0 heterocycles. The maximum absolute atomic E-state index is 9.87. The van der Waals surface area contributed by atoms with Crippen molar-refractivity contribution in [3.63, 3.8) is 0 Å². The average Bonchev–Trinajstić information content (AvgIpc) is 2.31. The third-order valence-corrected chi connectivity index (χ3v) is 2.73. The molecule has 2 heteroatoms. The van der Waals surface area contributed by atoms with Gasteiger partial charge in [-0.3, -0.25) is 0 Å². The Kier molecular flexibility index (Phi) is 2.93. The first-order chi connectivity index (χ1) is 7.72. The number of aromatic hydroxyl groups is 1. The van der Waals surface area contributed by atoms with Crippen molar-refractivity contribution in [1.82, 2.24) is 0 Å². The summed E-state index contributed by atoms with van der Waals surface area (Å²) in [5.74, 6) is 0.298. The van der Waals surface area contributed by atoms with E-state index in [1.165, 1.54) is 0 Å². The number of hydrogen-bond acceptors (Lipinski definition) is 2. The molecule has 0 bridgehead atoms. The van der Waals surface area contributed by atoms with Crippen LogP contribution in [0.5, 0.6) is 5.75 Å². The van der Waals surface area contributed by atoms with Gasteiger partial charge in [-0.1, -0.05) is 30.3 Å². The highest BCUT2D eigenvalue weighted by molar-refractivity contribution is 5.73. The van der Waals surface area contributed by atoms with E-state index < -0.39 is 0 Å². The zero-order valence-corrected chi connectivity index (χ0v) is 9.27. The second kappa shape index (κ2) is 4.37. The first-order valence-electron chi connectivity index (χ1n) is 5.30. The Hall–Kier alpha value is -1.80. The molecular formula is C14H15NO. The summed E-state index contributed by atoms with van der Waals surface area (Å²) in [6.07, 6.45) is 0. The number of phenolic OH excluding ortho intramolecular Hbond substituents is 1. The summed E-state index contributed by atoms with van der Waals surface area (Å²) in [5.41, 5.74) is 9.67. The predicted octanol–water partition coefficient (Wildman–Crippen LogP) is 2.83. The van der Waals surface area contributed by atoms with E-state index in [0.717, 1.165) is 22.3 Å². The highest BCUT2D eigenvalue weighted by Gasteiger charge is 2.06. The molecule has 0 aliphatic heterocycles. The van der Waals surface area contributed by atoms with Gasteiger partial charge in [0.15, 0.2) is 0 Å². The molecule has 0 amide bonds. The van der Waals surface area contributed by atoms with E-state index in [1.807, 2.05) is 43.3 Å². The maximum Gasteiger partial charge on any atom is 0.123 e. The van der Waals surface area contributed by atoms with Gasteiger partial charge in [-0.2, -0.15) is 0 Å². The first-order valence-corrected chi connectivity index (χ1v) is 5.30. The Bertz CT molecular complexity index is 506. The molecule has 0 aliphatic carbocycles. The normalized spacial score (nSPS) is 10.4. The summed E-state index contributed by atoms with van der Waals surface area (Å²) < 4.78 is 0. The molecule has 0 atom stereocenters. The Morgan fingerprint density at radius 1 is 1.06 bits per heavy atom. The predicted molar refractivity (Wildman–Crippen MR) is 66.2 cm³/mol. The number of hydrogen-bond donors (Lipinski definition) is 2. The quantitative estimate of drug-likeness (QED) is 0.805.